The van der Waals surface area contributed by atoms with Gasteiger partial charge in [-0.05, 0) is 23.8 Å². The molecule has 0 heterocycles. The third-order valence-corrected chi connectivity index (χ3v) is 4.74. The van der Waals surface area contributed by atoms with E-state index in [1.165, 1.54) is 0 Å². The van der Waals surface area contributed by atoms with Gasteiger partial charge in [-0.15, -0.1) is 6.58 Å². The van der Waals surface area contributed by atoms with Crippen molar-refractivity contribution in [1.29, 1.82) is 0 Å². The highest BCUT2D eigenvalue weighted by atomic mass is 32.2. The summed E-state index contributed by atoms with van der Waals surface area (Å²) in [6, 6.07) is 17.9. The highest BCUT2D eigenvalue weighted by Crippen LogP contribution is 2.24. The lowest BCUT2D eigenvalue weighted by Gasteiger charge is -2.07. The Labute approximate surface area is 120 Å². The Morgan fingerprint density at radius 2 is 1.50 bits per heavy atom. The van der Waals surface area contributed by atoms with E-state index in [0.29, 0.717) is 16.2 Å². The Hall–Kier alpha value is -2.13. The summed E-state index contributed by atoms with van der Waals surface area (Å²) in [6.07, 6.45) is 3.62. The van der Waals surface area contributed by atoms with Crippen LogP contribution in [0.4, 0.5) is 0 Å². The monoisotopic (exact) mass is 284 g/mol. The predicted molar refractivity (Wildman–Crippen MR) is 82.9 cm³/mol. The van der Waals surface area contributed by atoms with E-state index in [9.17, 15) is 8.42 Å². The lowest BCUT2D eigenvalue weighted by atomic mass is 10.2. The van der Waals surface area contributed by atoms with Crippen LogP contribution in [0.15, 0.2) is 83.1 Å². The van der Waals surface area contributed by atoms with E-state index >= 15 is 0 Å². The molecule has 0 aliphatic heterocycles. The first kappa shape index (κ1) is 14.3. The van der Waals surface area contributed by atoms with Gasteiger partial charge in [-0.2, -0.15) is 0 Å². The van der Waals surface area contributed by atoms with Gasteiger partial charge in [0.2, 0.25) is 9.84 Å². The minimum Gasteiger partial charge on any atom is -0.219 e. The SMILES string of the molecule is C=CC/C(=C\c1ccccc1)S(=O)(=O)c1ccccc1. The summed E-state index contributed by atoms with van der Waals surface area (Å²) in [5.41, 5.74) is 0.865. The van der Waals surface area contributed by atoms with Crippen LogP contribution < -0.4 is 0 Å². The highest BCUT2D eigenvalue weighted by Gasteiger charge is 2.19. The molecule has 0 spiro atoms. The predicted octanol–water partition coefficient (Wildman–Crippen LogP) is 4.08. The molecule has 0 unspecified atom stereocenters. The molecule has 102 valence electrons. The zero-order valence-electron chi connectivity index (χ0n) is 11.1. The molecule has 0 atom stereocenters. The van der Waals surface area contributed by atoms with Gasteiger partial charge < -0.3 is 0 Å². The molecule has 2 aromatic rings. The summed E-state index contributed by atoms with van der Waals surface area (Å²) in [4.78, 5) is 0.661. The second-order valence-corrected chi connectivity index (χ2v) is 6.33. The normalized spacial score (nSPS) is 12.1. The average Bonchev–Trinajstić information content (AvgIpc) is 2.49. The van der Waals surface area contributed by atoms with Crippen molar-refractivity contribution in [2.45, 2.75) is 11.3 Å². The Kier molecular flexibility index (Phi) is 4.53. The third kappa shape index (κ3) is 3.25. The van der Waals surface area contributed by atoms with Crippen LogP contribution in [0.1, 0.15) is 12.0 Å². The second kappa shape index (κ2) is 6.35. The van der Waals surface area contributed by atoms with Crippen molar-refractivity contribution in [3.05, 3.63) is 83.8 Å². The van der Waals surface area contributed by atoms with Gasteiger partial charge in [0.25, 0.3) is 0 Å². The van der Waals surface area contributed by atoms with Crippen molar-refractivity contribution in [2.24, 2.45) is 0 Å². The van der Waals surface area contributed by atoms with Gasteiger partial charge in [-0.3, -0.25) is 0 Å². The van der Waals surface area contributed by atoms with Crippen molar-refractivity contribution in [1.82, 2.24) is 0 Å². The molecule has 2 aromatic carbocycles. The van der Waals surface area contributed by atoms with Crippen LogP contribution in [0, 0.1) is 0 Å². The largest absolute Gasteiger partial charge is 0.219 e. The minimum absolute atomic E-state index is 0.309. The molecule has 0 saturated carbocycles. The molecule has 0 aromatic heterocycles. The standard InChI is InChI=1S/C17H16O2S/c1-2-9-17(14-15-10-5-3-6-11-15)20(18,19)16-12-7-4-8-13-16/h2-8,10-14H,1,9H2/b17-14+. The van der Waals surface area contributed by atoms with Crippen LogP contribution in [0.3, 0.4) is 0 Å². The van der Waals surface area contributed by atoms with E-state index in [1.807, 2.05) is 30.3 Å². The first-order valence-electron chi connectivity index (χ1n) is 6.31. The molecule has 0 amide bonds. The molecule has 0 N–H and O–H groups in total. The first-order chi connectivity index (χ1) is 9.64. The fourth-order valence-electron chi connectivity index (χ4n) is 1.87. The second-order valence-electron chi connectivity index (χ2n) is 4.33. The summed E-state index contributed by atoms with van der Waals surface area (Å²) in [7, 11) is -3.47. The molecule has 3 heteroatoms. The lowest BCUT2D eigenvalue weighted by molar-refractivity contribution is 0.601. The van der Waals surface area contributed by atoms with Gasteiger partial charge in [0, 0.05) is 6.42 Å². The zero-order chi connectivity index (χ0) is 14.4. The summed E-state index contributed by atoms with van der Waals surface area (Å²) in [6.45, 7) is 3.64. The van der Waals surface area contributed by atoms with Crippen LogP contribution in [0.25, 0.3) is 6.08 Å². The van der Waals surface area contributed by atoms with Gasteiger partial charge in [-0.1, -0.05) is 54.6 Å². The number of hydrogen-bond acceptors (Lipinski definition) is 2. The Morgan fingerprint density at radius 1 is 0.950 bits per heavy atom. The van der Waals surface area contributed by atoms with E-state index in [1.54, 1.807) is 42.5 Å². The van der Waals surface area contributed by atoms with Crippen molar-refractivity contribution in [2.75, 3.05) is 0 Å². The Morgan fingerprint density at radius 3 is 2.05 bits per heavy atom. The molecule has 2 nitrogen and oxygen atoms in total. The number of hydrogen-bond donors (Lipinski definition) is 0. The van der Waals surface area contributed by atoms with Crippen LogP contribution in [0.5, 0.6) is 0 Å². The topological polar surface area (TPSA) is 34.1 Å². The van der Waals surface area contributed by atoms with Crippen molar-refractivity contribution < 1.29 is 8.42 Å². The number of allylic oxidation sites excluding steroid dienone is 2. The molecule has 0 saturated heterocycles. The zero-order valence-corrected chi connectivity index (χ0v) is 11.9. The van der Waals surface area contributed by atoms with Crippen molar-refractivity contribution >= 4 is 15.9 Å². The van der Waals surface area contributed by atoms with E-state index in [2.05, 4.69) is 6.58 Å². The van der Waals surface area contributed by atoms with E-state index in [0.717, 1.165) is 5.56 Å². The number of benzene rings is 2. The molecule has 0 fully saturated rings. The molecule has 0 aliphatic rings. The quantitative estimate of drug-likeness (QED) is 0.775. The number of rotatable bonds is 5. The maximum atomic E-state index is 12.6. The van der Waals surface area contributed by atoms with E-state index < -0.39 is 9.84 Å². The van der Waals surface area contributed by atoms with Gasteiger partial charge in [-0.25, -0.2) is 8.42 Å². The minimum atomic E-state index is -3.47. The smallest absolute Gasteiger partial charge is 0.203 e. The van der Waals surface area contributed by atoms with Crippen LogP contribution in [0.2, 0.25) is 0 Å². The summed E-state index contributed by atoms with van der Waals surface area (Å²) in [5, 5.41) is 0. The fourth-order valence-corrected chi connectivity index (χ4v) is 3.32. The maximum absolute atomic E-state index is 12.6. The molecule has 0 bridgehead atoms. The van der Waals surface area contributed by atoms with Gasteiger partial charge in [0.1, 0.15) is 0 Å². The van der Waals surface area contributed by atoms with Crippen molar-refractivity contribution in [3.8, 4) is 0 Å². The van der Waals surface area contributed by atoms with Crippen LogP contribution in [-0.2, 0) is 9.84 Å². The van der Waals surface area contributed by atoms with E-state index in [-0.39, 0.29) is 0 Å². The molecule has 2 rings (SSSR count). The van der Waals surface area contributed by atoms with Crippen LogP contribution in [-0.4, -0.2) is 8.42 Å². The maximum Gasteiger partial charge on any atom is 0.203 e. The Balaban J connectivity index is 2.49. The molecule has 20 heavy (non-hydrogen) atoms. The van der Waals surface area contributed by atoms with Crippen LogP contribution >= 0.6 is 0 Å². The van der Waals surface area contributed by atoms with E-state index in [4.69, 9.17) is 0 Å². The Bertz CT molecular complexity index is 699. The van der Waals surface area contributed by atoms with Gasteiger partial charge in [0.15, 0.2) is 0 Å². The lowest BCUT2D eigenvalue weighted by Crippen LogP contribution is -2.04. The summed E-state index contributed by atoms with van der Waals surface area (Å²) < 4.78 is 25.2. The molecular weight excluding hydrogens is 268 g/mol. The highest BCUT2D eigenvalue weighted by molar-refractivity contribution is 7.95. The number of sulfone groups is 1. The summed E-state index contributed by atoms with van der Waals surface area (Å²) >= 11 is 0. The molecule has 0 aliphatic carbocycles. The summed E-state index contributed by atoms with van der Waals surface area (Å²) in [5.74, 6) is 0. The third-order valence-electron chi connectivity index (χ3n) is 2.87. The molecular formula is C17H16O2S. The first-order valence-corrected chi connectivity index (χ1v) is 7.79. The van der Waals surface area contributed by atoms with Gasteiger partial charge in [0.05, 0.1) is 9.80 Å². The van der Waals surface area contributed by atoms with Crippen molar-refractivity contribution in [3.63, 3.8) is 0 Å². The van der Waals surface area contributed by atoms with Gasteiger partial charge >= 0.3 is 0 Å². The average molecular weight is 284 g/mol. The molecule has 0 radical (unpaired) electrons. The fraction of sp³-hybridized carbons (Fsp3) is 0.0588.